The Balaban J connectivity index is 1.39. The largest absolute Gasteiger partial charge is 0.463 e. The highest BCUT2D eigenvalue weighted by molar-refractivity contribution is 5.55. The van der Waals surface area contributed by atoms with Crippen LogP contribution in [-0.2, 0) is 12.7 Å². The first-order valence-corrected chi connectivity index (χ1v) is 8.64. The lowest BCUT2D eigenvalue weighted by molar-refractivity contribution is -0.137. The number of furan rings is 1. The van der Waals surface area contributed by atoms with E-state index in [9.17, 15) is 13.2 Å². The lowest BCUT2D eigenvalue weighted by Crippen LogP contribution is -2.46. The minimum Gasteiger partial charge on any atom is -0.463 e. The number of nitrogens with zero attached hydrogens (tertiary/aromatic N) is 3. The van der Waals surface area contributed by atoms with Gasteiger partial charge in [0.1, 0.15) is 5.69 Å². The molecule has 2 aromatic heterocycles. The van der Waals surface area contributed by atoms with Gasteiger partial charge in [0.25, 0.3) is 0 Å². The van der Waals surface area contributed by atoms with E-state index in [0.717, 1.165) is 6.07 Å². The summed E-state index contributed by atoms with van der Waals surface area (Å²) in [6, 6.07) is 11.1. The summed E-state index contributed by atoms with van der Waals surface area (Å²) in [4.78, 5) is 3.92. The number of piperazine rings is 1. The normalized spacial score (nSPS) is 16.0. The Labute approximate surface area is 154 Å². The third-order valence-corrected chi connectivity index (χ3v) is 4.63. The quantitative estimate of drug-likeness (QED) is 0.679. The molecule has 1 aromatic carbocycles. The van der Waals surface area contributed by atoms with Gasteiger partial charge in [0.2, 0.25) is 0 Å². The maximum Gasteiger partial charge on any atom is 0.418 e. The van der Waals surface area contributed by atoms with Gasteiger partial charge in [-0.2, -0.15) is 13.2 Å². The van der Waals surface area contributed by atoms with E-state index in [2.05, 4.69) is 10.1 Å². The first-order valence-electron chi connectivity index (χ1n) is 8.64. The number of rotatable bonds is 4. The standard InChI is InChI=1S/C19H18F3N3O2/c20-19(21,22)15-4-1-2-5-17(15)25-9-7-24(8-10-25)13-14-12-16(23-27-14)18-6-3-11-26-18/h1-6,11-12H,7-10,13H2. The van der Waals surface area contributed by atoms with Crippen molar-refractivity contribution in [2.24, 2.45) is 0 Å². The fourth-order valence-electron chi connectivity index (χ4n) is 3.28. The fraction of sp³-hybridized carbons (Fsp3) is 0.316. The molecule has 0 spiro atoms. The topological polar surface area (TPSA) is 45.7 Å². The average molecular weight is 377 g/mol. The van der Waals surface area contributed by atoms with Crippen molar-refractivity contribution in [3.8, 4) is 11.5 Å². The van der Waals surface area contributed by atoms with Gasteiger partial charge < -0.3 is 13.8 Å². The number of alkyl halides is 3. The molecule has 0 saturated carbocycles. The first-order chi connectivity index (χ1) is 13.0. The number of hydrogen-bond acceptors (Lipinski definition) is 5. The summed E-state index contributed by atoms with van der Waals surface area (Å²) in [6.45, 7) is 2.88. The maximum atomic E-state index is 13.2. The molecule has 142 valence electrons. The van der Waals surface area contributed by atoms with Gasteiger partial charge in [-0.3, -0.25) is 4.90 Å². The van der Waals surface area contributed by atoms with Crippen LogP contribution in [0.3, 0.4) is 0 Å². The molecule has 0 bridgehead atoms. The highest BCUT2D eigenvalue weighted by atomic mass is 19.4. The van der Waals surface area contributed by atoms with Crippen molar-refractivity contribution in [2.45, 2.75) is 12.7 Å². The Morgan fingerprint density at radius 3 is 2.48 bits per heavy atom. The zero-order chi connectivity index (χ0) is 18.9. The van der Waals surface area contributed by atoms with Gasteiger partial charge >= 0.3 is 6.18 Å². The van der Waals surface area contributed by atoms with Crippen LogP contribution in [0.15, 0.2) is 57.7 Å². The summed E-state index contributed by atoms with van der Waals surface area (Å²) < 4.78 is 50.3. The van der Waals surface area contributed by atoms with Gasteiger partial charge in [0.05, 0.1) is 18.4 Å². The molecule has 0 N–H and O–H groups in total. The smallest absolute Gasteiger partial charge is 0.418 e. The third-order valence-electron chi connectivity index (χ3n) is 4.63. The maximum absolute atomic E-state index is 13.2. The van der Waals surface area contributed by atoms with E-state index in [0.29, 0.717) is 49.9 Å². The van der Waals surface area contributed by atoms with E-state index in [1.807, 2.05) is 6.07 Å². The highest BCUT2D eigenvalue weighted by Crippen LogP contribution is 2.36. The van der Waals surface area contributed by atoms with Crippen molar-refractivity contribution in [3.63, 3.8) is 0 Å². The molecule has 1 fully saturated rings. The lowest BCUT2D eigenvalue weighted by atomic mass is 10.1. The second kappa shape index (κ2) is 7.11. The van der Waals surface area contributed by atoms with Crippen molar-refractivity contribution in [1.29, 1.82) is 0 Å². The van der Waals surface area contributed by atoms with Crippen molar-refractivity contribution < 1.29 is 22.1 Å². The number of benzene rings is 1. The van der Waals surface area contributed by atoms with Crippen molar-refractivity contribution in [2.75, 3.05) is 31.1 Å². The van der Waals surface area contributed by atoms with Crippen LogP contribution in [0.4, 0.5) is 18.9 Å². The number of anilines is 1. The molecule has 0 radical (unpaired) electrons. The third kappa shape index (κ3) is 3.85. The monoisotopic (exact) mass is 377 g/mol. The first kappa shape index (κ1) is 17.7. The minimum absolute atomic E-state index is 0.240. The molecule has 5 nitrogen and oxygen atoms in total. The summed E-state index contributed by atoms with van der Waals surface area (Å²) >= 11 is 0. The highest BCUT2D eigenvalue weighted by Gasteiger charge is 2.35. The summed E-state index contributed by atoms with van der Waals surface area (Å²) in [5.41, 5.74) is 0.286. The van der Waals surface area contributed by atoms with E-state index >= 15 is 0 Å². The van der Waals surface area contributed by atoms with Crippen LogP contribution < -0.4 is 4.90 Å². The second-order valence-electron chi connectivity index (χ2n) is 6.43. The molecule has 1 saturated heterocycles. The summed E-state index contributed by atoms with van der Waals surface area (Å²) in [5, 5.41) is 3.99. The lowest BCUT2D eigenvalue weighted by Gasteiger charge is -2.36. The van der Waals surface area contributed by atoms with E-state index in [4.69, 9.17) is 8.94 Å². The molecular weight excluding hydrogens is 359 g/mol. The van der Waals surface area contributed by atoms with Crippen LogP contribution in [0.5, 0.6) is 0 Å². The van der Waals surface area contributed by atoms with Gasteiger partial charge in [-0.1, -0.05) is 17.3 Å². The number of hydrogen-bond donors (Lipinski definition) is 0. The van der Waals surface area contributed by atoms with Gasteiger partial charge in [0.15, 0.2) is 11.5 Å². The SMILES string of the molecule is FC(F)(F)c1ccccc1N1CCN(Cc2cc(-c3ccco3)no2)CC1. The summed E-state index contributed by atoms with van der Waals surface area (Å²) in [5.74, 6) is 1.34. The van der Waals surface area contributed by atoms with E-state index < -0.39 is 11.7 Å². The molecule has 0 atom stereocenters. The van der Waals surface area contributed by atoms with Gasteiger partial charge in [-0.05, 0) is 24.3 Å². The fourth-order valence-corrected chi connectivity index (χ4v) is 3.28. The van der Waals surface area contributed by atoms with Crippen LogP contribution in [-0.4, -0.2) is 36.2 Å². The van der Waals surface area contributed by atoms with Crippen LogP contribution in [0.1, 0.15) is 11.3 Å². The zero-order valence-corrected chi connectivity index (χ0v) is 14.4. The predicted octanol–water partition coefficient (Wildman–Crippen LogP) is 4.28. The molecule has 3 heterocycles. The van der Waals surface area contributed by atoms with Gasteiger partial charge in [0, 0.05) is 37.9 Å². The molecule has 1 aliphatic rings. The molecule has 0 aliphatic carbocycles. The van der Waals surface area contributed by atoms with Gasteiger partial charge in [-0.15, -0.1) is 0 Å². The number of aromatic nitrogens is 1. The van der Waals surface area contributed by atoms with Crippen molar-refractivity contribution >= 4 is 5.69 Å². The minimum atomic E-state index is -4.35. The molecular formula is C19H18F3N3O2. The molecule has 4 rings (SSSR count). The predicted molar refractivity (Wildman–Crippen MR) is 93.1 cm³/mol. The Morgan fingerprint density at radius 2 is 1.78 bits per heavy atom. The average Bonchev–Trinajstić information content (AvgIpc) is 3.33. The summed E-state index contributed by atoms with van der Waals surface area (Å²) in [6.07, 6.45) is -2.78. The summed E-state index contributed by atoms with van der Waals surface area (Å²) in [7, 11) is 0. The second-order valence-corrected chi connectivity index (χ2v) is 6.43. The molecule has 1 aliphatic heterocycles. The van der Waals surface area contributed by atoms with Crippen LogP contribution in [0, 0.1) is 0 Å². The Hall–Kier alpha value is -2.74. The Morgan fingerprint density at radius 1 is 1.00 bits per heavy atom. The van der Waals surface area contributed by atoms with Crippen LogP contribution in [0.2, 0.25) is 0 Å². The number of halogens is 3. The van der Waals surface area contributed by atoms with Crippen LogP contribution >= 0.6 is 0 Å². The Kier molecular flexibility index (Phi) is 4.65. The van der Waals surface area contributed by atoms with E-state index in [-0.39, 0.29) is 5.69 Å². The Bertz CT molecular complexity index is 882. The van der Waals surface area contributed by atoms with Crippen molar-refractivity contribution in [1.82, 2.24) is 10.1 Å². The zero-order valence-electron chi connectivity index (χ0n) is 14.4. The van der Waals surface area contributed by atoms with Gasteiger partial charge in [-0.25, -0.2) is 0 Å². The molecule has 27 heavy (non-hydrogen) atoms. The molecule has 0 unspecified atom stereocenters. The van der Waals surface area contributed by atoms with Crippen LogP contribution in [0.25, 0.3) is 11.5 Å². The molecule has 0 amide bonds. The van der Waals surface area contributed by atoms with Crippen molar-refractivity contribution in [3.05, 3.63) is 60.1 Å². The van der Waals surface area contributed by atoms with E-state index in [1.54, 1.807) is 29.4 Å². The molecule has 3 aromatic rings. The number of para-hydroxylation sites is 1. The molecule has 8 heteroatoms. The van der Waals surface area contributed by atoms with E-state index in [1.165, 1.54) is 12.1 Å².